The topological polar surface area (TPSA) is 177 Å². The Morgan fingerprint density at radius 1 is 1.16 bits per heavy atom. The number of aryl methyl sites for hydroxylation is 2. The van der Waals surface area contributed by atoms with Crippen LogP contribution in [0, 0.1) is 11.8 Å². The van der Waals surface area contributed by atoms with E-state index >= 15 is 0 Å². The first-order chi connectivity index (χ1) is 18.0. The van der Waals surface area contributed by atoms with Crippen LogP contribution in [-0.4, -0.2) is 73.5 Å². The number of carbonyl (C=O) groups excluding carboxylic acids is 3. The summed E-state index contributed by atoms with van der Waals surface area (Å²) >= 11 is 0. The Labute approximate surface area is 219 Å². The lowest BCUT2D eigenvalue weighted by Crippen LogP contribution is -2.65. The molecule has 200 valence electrons. The number of amides is 1. The molecule has 0 bridgehead atoms. The number of phenols is 1. The van der Waals surface area contributed by atoms with Gasteiger partial charge in [0.15, 0.2) is 11.4 Å². The van der Waals surface area contributed by atoms with Gasteiger partial charge >= 0.3 is 0 Å². The largest absolute Gasteiger partial charge is 0.508 e. The van der Waals surface area contributed by atoms with Crippen LogP contribution in [0.2, 0.25) is 0 Å². The number of benzene rings is 1. The summed E-state index contributed by atoms with van der Waals surface area (Å²) in [5.74, 6) is -6.46. The number of nitrogens with zero attached hydrogens (tertiary/aromatic N) is 1. The third-order valence-corrected chi connectivity index (χ3v) is 8.26. The zero-order valence-electron chi connectivity index (χ0n) is 21.2. The summed E-state index contributed by atoms with van der Waals surface area (Å²) in [6, 6.07) is 6.11. The molecule has 7 N–H and O–H groups in total. The average Bonchev–Trinajstić information content (AvgIpc) is 3.36. The number of hydrogen-bond donors (Lipinski definition) is 6. The number of fused-ring (bicyclic) bond motifs is 3. The molecule has 1 amide bonds. The number of hydrogen-bond acceptors (Lipinski definition) is 8. The SMILES string of the molecule is CN(C)[C@H]1C(=O)C(C(N)=O)=C(O)[C@]2(O)C(=O)C3=C(O)c4c(O)ccc(CCCc5ccc[nH]5)c4C[C@H]3C[C@@H]12. The normalized spacial score (nSPS) is 26.9. The molecule has 1 aromatic heterocycles. The van der Waals surface area contributed by atoms with Crippen molar-refractivity contribution in [1.82, 2.24) is 9.88 Å². The Morgan fingerprint density at radius 2 is 1.89 bits per heavy atom. The molecular weight excluding hydrogens is 490 g/mol. The van der Waals surface area contributed by atoms with Gasteiger partial charge < -0.3 is 31.1 Å². The van der Waals surface area contributed by atoms with Crippen LogP contribution >= 0.6 is 0 Å². The number of aromatic amines is 1. The summed E-state index contributed by atoms with van der Waals surface area (Å²) in [5.41, 5.74) is 4.61. The Kier molecular flexibility index (Phi) is 6.19. The minimum Gasteiger partial charge on any atom is -0.508 e. The highest BCUT2D eigenvalue weighted by Gasteiger charge is 2.64. The molecule has 0 spiro atoms. The first-order valence-corrected chi connectivity index (χ1v) is 12.6. The maximum absolute atomic E-state index is 13.9. The summed E-state index contributed by atoms with van der Waals surface area (Å²) in [6.45, 7) is 0. The van der Waals surface area contributed by atoms with Crippen molar-refractivity contribution >= 4 is 23.2 Å². The molecule has 4 atom stereocenters. The molecule has 1 fully saturated rings. The zero-order chi connectivity index (χ0) is 27.5. The number of aliphatic hydroxyl groups is 3. The molecule has 0 unspecified atom stereocenters. The molecule has 0 saturated heterocycles. The molecule has 3 aliphatic carbocycles. The summed E-state index contributed by atoms with van der Waals surface area (Å²) < 4.78 is 0. The fraction of sp³-hybridized carbons (Fsp3) is 0.393. The number of nitrogens with two attached hydrogens (primary N) is 1. The van der Waals surface area contributed by atoms with Crippen molar-refractivity contribution in [3.05, 3.63) is 69.8 Å². The van der Waals surface area contributed by atoms with Gasteiger partial charge in [-0.1, -0.05) is 6.07 Å². The molecule has 1 saturated carbocycles. The van der Waals surface area contributed by atoms with Crippen LogP contribution in [-0.2, 0) is 33.6 Å². The molecule has 38 heavy (non-hydrogen) atoms. The molecule has 1 aromatic carbocycles. The fourth-order valence-corrected chi connectivity index (χ4v) is 6.53. The van der Waals surface area contributed by atoms with E-state index < -0.39 is 58.0 Å². The third-order valence-electron chi connectivity index (χ3n) is 8.26. The number of nitrogens with one attached hydrogen (secondary N) is 1. The van der Waals surface area contributed by atoms with Crippen molar-refractivity contribution in [3.63, 3.8) is 0 Å². The van der Waals surface area contributed by atoms with Gasteiger partial charge in [-0.05, 0) is 81.4 Å². The number of H-pyrrole nitrogens is 1. The van der Waals surface area contributed by atoms with E-state index in [2.05, 4.69) is 4.98 Å². The number of primary amides is 1. The van der Waals surface area contributed by atoms with Gasteiger partial charge in [0.2, 0.25) is 5.78 Å². The van der Waals surface area contributed by atoms with Crippen molar-refractivity contribution in [3.8, 4) is 5.75 Å². The molecule has 0 aliphatic heterocycles. The molecule has 0 radical (unpaired) electrons. The number of aliphatic hydroxyl groups excluding tert-OH is 2. The van der Waals surface area contributed by atoms with E-state index in [4.69, 9.17) is 5.73 Å². The Bertz CT molecular complexity index is 1410. The van der Waals surface area contributed by atoms with Crippen molar-refractivity contribution in [2.75, 3.05) is 14.1 Å². The lowest BCUT2D eigenvalue weighted by molar-refractivity contribution is -0.153. The summed E-state index contributed by atoms with van der Waals surface area (Å²) in [7, 11) is 3.15. The highest BCUT2D eigenvalue weighted by atomic mass is 16.3. The van der Waals surface area contributed by atoms with Gasteiger partial charge in [-0.25, -0.2) is 0 Å². The molecular formula is C28H31N3O7. The maximum Gasteiger partial charge on any atom is 0.255 e. The number of aromatic hydroxyl groups is 1. The van der Waals surface area contributed by atoms with Gasteiger partial charge in [-0.2, -0.15) is 0 Å². The fourth-order valence-electron chi connectivity index (χ4n) is 6.53. The highest BCUT2D eigenvalue weighted by Crippen LogP contribution is 2.53. The van der Waals surface area contributed by atoms with Crippen LogP contribution in [0.1, 0.15) is 35.2 Å². The van der Waals surface area contributed by atoms with Crippen LogP contribution in [0.15, 0.2) is 47.4 Å². The van der Waals surface area contributed by atoms with Crippen molar-refractivity contribution in [2.24, 2.45) is 17.6 Å². The van der Waals surface area contributed by atoms with Crippen molar-refractivity contribution in [2.45, 2.75) is 43.7 Å². The van der Waals surface area contributed by atoms with Crippen molar-refractivity contribution in [1.29, 1.82) is 0 Å². The van der Waals surface area contributed by atoms with Crippen LogP contribution in [0.4, 0.5) is 0 Å². The summed E-state index contributed by atoms with van der Waals surface area (Å²) in [5, 5.41) is 44.5. The lowest BCUT2D eigenvalue weighted by Gasteiger charge is -2.50. The van der Waals surface area contributed by atoms with E-state index in [-0.39, 0.29) is 23.3 Å². The maximum atomic E-state index is 13.9. The van der Waals surface area contributed by atoms with E-state index in [0.29, 0.717) is 18.4 Å². The van der Waals surface area contributed by atoms with Gasteiger partial charge in [0.25, 0.3) is 5.91 Å². The second kappa shape index (κ2) is 9.14. The summed E-state index contributed by atoms with van der Waals surface area (Å²) in [4.78, 5) is 43.8. The number of aromatic nitrogens is 1. The lowest BCUT2D eigenvalue weighted by atomic mass is 9.57. The highest BCUT2D eigenvalue weighted by molar-refractivity contribution is 6.24. The Hall–Kier alpha value is -3.89. The van der Waals surface area contributed by atoms with E-state index in [1.54, 1.807) is 14.1 Å². The standard InChI is InChI=1S/C28H31N3O7/c1-31(2)22-17-12-14-11-16-13(5-3-6-15-7-4-10-30-15)8-9-18(32)20(16)23(33)19(14)25(35)28(17,38)26(36)21(24(22)34)27(29)37/h4,7-10,14,17,22,30,32-33,36,38H,3,5-6,11-12H2,1-2H3,(H2,29,37)/t14-,17-,22+,28+/m0/s1. The number of likely N-dealkylation sites (N-methyl/N-ethyl adjacent to an activating group) is 1. The predicted molar refractivity (Wildman–Crippen MR) is 137 cm³/mol. The molecule has 10 heteroatoms. The minimum atomic E-state index is -2.63. The molecule has 3 aliphatic rings. The van der Waals surface area contributed by atoms with E-state index in [0.717, 1.165) is 24.1 Å². The molecule has 10 nitrogen and oxygen atoms in total. The summed E-state index contributed by atoms with van der Waals surface area (Å²) in [6.07, 6.45) is 4.52. The third kappa shape index (κ3) is 3.66. The van der Waals surface area contributed by atoms with Gasteiger partial charge in [0.05, 0.1) is 11.6 Å². The number of ketones is 2. The zero-order valence-corrected chi connectivity index (χ0v) is 21.2. The van der Waals surface area contributed by atoms with Gasteiger partial charge in [0.1, 0.15) is 22.8 Å². The van der Waals surface area contributed by atoms with Crippen LogP contribution in [0.25, 0.3) is 5.76 Å². The number of phenolic OH excluding ortho intramolecular Hbond substituents is 1. The van der Waals surface area contributed by atoms with E-state index in [1.807, 2.05) is 24.4 Å². The smallest absolute Gasteiger partial charge is 0.255 e. The quantitative estimate of drug-likeness (QED) is 0.310. The van der Waals surface area contributed by atoms with Gasteiger partial charge in [-0.3, -0.25) is 19.3 Å². The number of rotatable bonds is 6. The van der Waals surface area contributed by atoms with Crippen LogP contribution in [0.3, 0.4) is 0 Å². The van der Waals surface area contributed by atoms with E-state index in [1.165, 1.54) is 11.0 Å². The Balaban J connectivity index is 1.60. The van der Waals surface area contributed by atoms with Crippen LogP contribution < -0.4 is 5.73 Å². The first-order valence-electron chi connectivity index (χ1n) is 12.6. The van der Waals surface area contributed by atoms with Gasteiger partial charge in [0, 0.05) is 23.4 Å². The van der Waals surface area contributed by atoms with Crippen molar-refractivity contribution < 1.29 is 34.8 Å². The number of carbonyl (C=O) groups is 3. The second-order valence-corrected chi connectivity index (χ2v) is 10.6. The monoisotopic (exact) mass is 521 g/mol. The first kappa shape index (κ1) is 25.7. The average molecular weight is 522 g/mol. The minimum absolute atomic E-state index is 0.0728. The molecule has 2 aromatic rings. The Morgan fingerprint density at radius 3 is 2.53 bits per heavy atom. The molecule has 1 heterocycles. The van der Waals surface area contributed by atoms with Gasteiger partial charge in [-0.15, -0.1) is 0 Å². The molecule has 5 rings (SSSR count). The predicted octanol–water partition coefficient (Wildman–Crippen LogP) is 1.47. The van der Waals surface area contributed by atoms with E-state index in [9.17, 15) is 34.8 Å². The van der Waals surface area contributed by atoms with Crippen LogP contribution in [0.5, 0.6) is 5.75 Å². The second-order valence-electron chi connectivity index (χ2n) is 10.6. The number of Topliss-reactive ketones (excluding diaryl/α,β-unsaturated/α-hetero) is 2.